The van der Waals surface area contributed by atoms with Gasteiger partial charge in [-0.05, 0) is 49.6 Å². The Morgan fingerprint density at radius 2 is 1.88 bits per heavy atom. The number of hydrogen-bond donors (Lipinski definition) is 1. The molecule has 1 aromatic carbocycles. The second kappa shape index (κ2) is 6.20. The lowest BCUT2D eigenvalue weighted by Gasteiger charge is -2.28. The van der Waals surface area contributed by atoms with E-state index in [2.05, 4.69) is 49.5 Å². The van der Waals surface area contributed by atoms with E-state index in [1.54, 1.807) is 0 Å². The third-order valence-electron chi connectivity index (χ3n) is 3.86. The molecular weight excluding hydrogens is 206 g/mol. The van der Waals surface area contributed by atoms with Gasteiger partial charge in [0.05, 0.1) is 0 Å². The second-order valence-electron chi connectivity index (χ2n) is 5.24. The number of benzene rings is 1. The molecule has 1 N–H and O–H groups in total. The minimum absolute atomic E-state index is 0.690. The lowest BCUT2D eigenvalue weighted by molar-refractivity contribution is 0.383. The van der Waals surface area contributed by atoms with Crippen molar-refractivity contribution >= 4 is 0 Å². The van der Waals surface area contributed by atoms with Crippen molar-refractivity contribution in [2.45, 2.75) is 51.5 Å². The SMILES string of the molecule is CCCNC(C1CC1)C(CC)c1ccccc1. The first-order chi connectivity index (χ1) is 8.36. The molecule has 0 heterocycles. The Bertz CT molecular complexity index is 316. The van der Waals surface area contributed by atoms with Gasteiger partial charge in [0.15, 0.2) is 0 Å². The molecule has 0 aliphatic heterocycles. The fourth-order valence-corrected chi connectivity index (χ4v) is 2.80. The van der Waals surface area contributed by atoms with Gasteiger partial charge in [-0.15, -0.1) is 0 Å². The molecule has 0 bridgehead atoms. The first-order valence-corrected chi connectivity index (χ1v) is 7.15. The molecular formula is C16H25N. The van der Waals surface area contributed by atoms with Crippen LogP contribution in [0.3, 0.4) is 0 Å². The molecule has 0 spiro atoms. The van der Waals surface area contributed by atoms with Crippen molar-refractivity contribution in [1.82, 2.24) is 5.32 Å². The van der Waals surface area contributed by atoms with Crippen molar-refractivity contribution in [3.8, 4) is 0 Å². The zero-order valence-electron chi connectivity index (χ0n) is 11.2. The maximum atomic E-state index is 3.78. The van der Waals surface area contributed by atoms with Crippen molar-refractivity contribution in [3.63, 3.8) is 0 Å². The maximum Gasteiger partial charge on any atom is 0.0164 e. The zero-order valence-corrected chi connectivity index (χ0v) is 11.2. The summed E-state index contributed by atoms with van der Waals surface area (Å²) in [6.07, 6.45) is 5.31. The van der Waals surface area contributed by atoms with Crippen LogP contribution in [0.2, 0.25) is 0 Å². The Morgan fingerprint density at radius 3 is 2.41 bits per heavy atom. The fourth-order valence-electron chi connectivity index (χ4n) is 2.80. The average Bonchev–Trinajstić information content (AvgIpc) is 3.20. The molecule has 94 valence electrons. The van der Waals surface area contributed by atoms with Gasteiger partial charge in [-0.2, -0.15) is 0 Å². The first-order valence-electron chi connectivity index (χ1n) is 7.15. The Hall–Kier alpha value is -0.820. The maximum absolute atomic E-state index is 3.78. The van der Waals surface area contributed by atoms with Gasteiger partial charge in [0.2, 0.25) is 0 Å². The van der Waals surface area contributed by atoms with Gasteiger partial charge < -0.3 is 5.32 Å². The smallest absolute Gasteiger partial charge is 0.0164 e. The quantitative estimate of drug-likeness (QED) is 0.749. The molecule has 2 rings (SSSR count). The van der Waals surface area contributed by atoms with Crippen LogP contribution in [-0.2, 0) is 0 Å². The van der Waals surface area contributed by atoms with E-state index < -0.39 is 0 Å². The zero-order chi connectivity index (χ0) is 12.1. The molecule has 2 atom stereocenters. The average molecular weight is 231 g/mol. The number of nitrogens with one attached hydrogen (secondary N) is 1. The molecule has 17 heavy (non-hydrogen) atoms. The van der Waals surface area contributed by atoms with Crippen LogP contribution < -0.4 is 5.32 Å². The van der Waals surface area contributed by atoms with Gasteiger partial charge in [0, 0.05) is 6.04 Å². The van der Waals surface area contributed by atoms with E-state index in [9.17, 15) is 0 Å². The highest BCUT2D eigenvalue weighted by molar-refractivity contribution is 5.22. The highest BCUT2D eigenvalue weighted by atomic mass is 14.9. The van der Waals surface area contributed by atoms with Gasteiger partial charge in [0.1, 0.15) is 0 Å². The topological polar surface area (TPSA) is 12.0 Å². The highest BCUT2D eigenvalue weighted by Crippen LogP contribution is 2.40. The molecule has 0 aromatic heterocycles. The van der Waals surface area contributed by atoms with Crippen molar-refractivity contribution in [3.05, 3.63) is 35.9 Å². The summed E-state index contributed by atoms with van der Waals surface area (Å²) in [6, 6.07) is 11.7. The summed E-state index contributed by atoms with van der Waals surface area (Å²) >= 11 is 0. The lowest BCUT2D eigenvalue weighted by Crippen LogP contribution is -2.37. The van der Waals surface area contributed by atoms with Crippen LogP contribution in [0.15, 0.2) is 30.3 Å². The van der Waals surface area contributed by atoms with Crippen LogP contribution >= 0.6 is 0 Å². The molecule has 1 saturated carbocycles. The minimum Gasteiger partial charge on any atom is -0.313 e. The van der Waals surface area contributed by atoms with Gasteiger partial charge >= 0.3 is 0 Å². The number of hydrogen-bond acceptors (Lipinski definition) is 1. The first kappa shape index (κ1) is 12.6. The van der Waals surface area contributed by atoms with Gasteiger partial charge in [0.25, 0.3) is 0 Å². The van der Waals surface area contributed by atoms with Gasteiger partial charge in [-0.3, -0.25) is 0 Å². The van der Waals surface area contributed by atoms with Crippen LogP contribution in [0.4, 0.5) is 0 Å². The molecule has 0 saturated heterocycles. The number of rotatable bonds is 7. The molecule has 1 aliphatic carbocycles. The van der Waals surface area contributed by atoms with Crippen molar-refractivity contribution < 1.29 is 0 Å². The van der Waals surface area contributed by atoms with Crippen LogP contribution in [0.5, 0.6) is 0 Å². The van der Waals surface area contributed by atoms with Gasteiger partial charge in [-0.1, -0.05) is 44.2 Å². The van der Waals surface area contributed by atoms with E-state index >= 15 is 0 Å². The standard InChI is InChI=1S/C16H25N/c1-3-12-17-16(14-10-11-14)15(4-2)13-8-6-5-7-9-13/h5-9,14-17H,3-4,10-12H2,1-2H3. The molecule has 1 aromatic rings. The third-order valence-corrected chi connectivity index (χ3v) is 3.86. The van der Waals surface area contributed by atoms with E-state index in [0.717, 1.165) is 12.5 Å². The second-order valence-corrected chi connectivity index (χ2v) is 5.24. The monoisotopic (exact) mass is 231 g/mol. The van der Waals surface area contributed by atoms with E-state index in [0.29, 0.717) is 12.0 Å². The molecule has 0 amide bonds. The summed E-state index contributed by atoms with van der Waals surface area (Å²) in [5.74, 6) is 1.61. The van der Waals surface area contributed by atoms with E-state index in [4.69, 9.17) is 0 Å². The van der Waals surface area contributed by atoms with Crippen LogP contribution in [0.25, 0.3) is 0 Å². The molecule has 1 nitrogen and oxygen atoms in total. The molecule has 1 aliphatic rings. The summed E-state index contributed by atoms with van der Waals surface area (Å²) in [5, 5.41) is 3.78. The Labute approximate surface area is 106 Å². The predicted octanol–water partition coefficient (Wildman–Crippen LogP) is 3.96. The van der Waals surface area contributed by atoms with E-state index in [1.807, 2.05) is 0 Å². The van der Waals surface area contributed by atoms with Crippen molar-refractivity contribution in [2.24, 2.45) is 5.92 Å². The normalized spacial score (nSPS) is 18.9. The van der Waals surface area contributed by atoms with Crippen molar-refractivity contribution in [1.29, 1.82) is 0 Å². The summed E-state index contributed by atoms with van der Waals surface area (Å²) in [6.45, 7) is 5.73. The molecule has 2 unspecified atom stereocenters. The lowest BCUT2D eigenvalue weighted by atomic mass is 9.86. The van der Waals surface area contributed by atoms with Crippen LogP contribution in [0, 0.1) is 5.92 Å². The largest absolute Gasteiger partial charge is 0.313 e. The summed E-state index contributed by atoms with van der Waals surface area (Å²) in [4.78, 5) is 0. The summed E-state index contributed by atoms with van der Waals surface area (Å²) < 4.78 is 0. The summed E-state index contributed by atoms with van der Waals surface area (Å²) in [5.41, 5.74) is 1.51. The Kier molecular flexibility index (Phi) is 4.61. The van der Waals surface area contributed by atoms with Gasteiger partial charge in [-0.25, -0.2) is 0 Å². The summed E-state index contributed by atoms with van der Waals surface area (Å²) in [7, 11) is 0. The molecule has 1 heteroatoms. The molecule has 1 fully saturated rings. The van der Waals surface area contributed by atoms with E-state index in [-0.39, 0.29) is 0 Å². The fraction of sp³-hybridized carbons (Fsp3) is 0.625. The Balaban J connectivity index is 2.08. The van der Waals surface area contributed by atoms with Crippen molar-refractivity contribution in [2.75, 3.05) is 6.54 Å². The van der Waals surface area contributed by atoms with Crippen LogP contribution in [-0.4, -0.2) is 12.6 Å². The highest BCUT2D eigenvalue weighted by Gasteiger charge is 2.35. The minimum atomic E-state index is 0.690. The predicted molar refractivity (Wildman–Crippen MR) is 74.3 cm³/mol. The third kappa shape index (κ3) is 3.32. The van der Waals surface area contributed by atoms with E-state index in [1.165, 1.54) is 31.2 Å². The Morgan fingerprint density at radius 1 is 1.18 bits per heavy atom. The molecule has 0 radical (unpaired) electrons. The van der Waals surface area contributed by atoms with Crippen LogP contribution in [0.1, 0.15) is 51.0 Å².